The maximum absolute atomic E-state index is 11.1. The number of esters is 1. The number of unbranched alkanes of at least 4 members (excludes halogenated alkanes) is 2. The summed E-state index contributed by atoms with van der Waals surface area (Å²) in [5.41, 5.74) is 0.370. The average Bonchev–Trinajstić information content (AvgIpc) is 2.30. The van der Waals surface area contributed by atoms with E-state index in [2.05, 4.69) is 13.5 Å². The second-order valence-corrected chi connectivity index (χ2v) is 4.44. The van der Waals surface area contributed by atoms with E-state index in [-0.39, 0.29) is 12.0 Å². The SMILES string of the molecule is C=C(C)C(=O)OCC(Cl)COC=CCCCC. The lowest BCUT2D eigenvalue weighted by molar-refractivity contribution is -0.139. The summed E-state index contributed by atoms with van der Waals surface area (Å²) in [5.74, 6) is -0.422. The van der Waals surface area contributed by atoms with Crippen molar-refractivity contribution in [2.45, 2.75) is 38.5 Å². The topological polar surface area (TPSA) is 35.5 Å². The van der Waals surface area contributed by atoms with Crippen molar-refractivity contribution in [3.05, 3.63) is 24.5 Å². The van der Waals surface area contributed by atoms with Gasteiger partial charge in [0.15, 0.2) is 0 Å². The summed E-state index contributed by atoms with van der Waals surface area (Å²) < 4.78 is 10.1. The van der Waals surface area contributed by atoms with Gasteiger partial charge in [-0.05, 0) is 25.8 Å². The van der Waals surface area contributed by atoms with Crippen LogP contribution >= 0.6 is 11.6 Å². The Morgan fingerprint density at radius 1 is 1.47 bits per heavy atom. The first-order valence-electron chi connectivity index (χ1n) is 5.81. The first-order valence-corrected chi connectivity index (χ1v) is 6.24. The summed E-state index contributed by atoms with van der Waals surface area (Å²) in [7, 11) is 0. The van der Waals surface area contributed by atoms with Crippen LogP contribution in [0.15, 0.2) is 24.5 Å². The van der Waals surface area contributed by atoms with Gasteiger partial charge in [-0.2, -0.15) is 0 Å². The minimum Gasteiger partial charge on any atom is -0.500 e. The zero-order chi connectivity index (χ0) is 13.1. The fraction of sp³-hybridized carbons (Fsp3) is 0.615. The van der Waals surface area contributed by atoms with Crippen LogP contribution in [0.25, 0.3) is 0 Å². The fourth-order valence-electron chi connectivity index (χ4n) is 0.955. The van der Waals surface area contributed by atoms with Gasteiger partial charge in [-0.3, -0.25) is 0 Å². The van der Waals surface area contributed by atoms with Crippen LogP contribution in [-0.4, -0.2) is 24.6 Å². The Morgan fingerprint density at radius 2 is 2.18 bits per heavy atom. The zero-order valence-electron chi connectivity index (χ0n) is 10.6. The molecule has 0 aromatic rings. The summed E-state index contributed by atoms with van der Waals surface area (Å²) in [6.07, 6.45) is 6.94. The van der Waals surface area contributed by atoms with Crippen LogP contribution in [0.4, 0.5) is 0 Å². The van der Waals surface area contributed by atoms with Crippen LogP contribution in [0.5, 0.6) is 0 Å². The maximum Gasteiger partial charge on any atom is 0.333 e. The van der Waals surface area contributed by atoms with Crippen molar-refractivity contribution >= 4 is 17.6 Å². The van der Waals surface area contributed by atoms with Gasteiger partial charge in [-0.1, -0.05) is 19.9 Å². The van der Waals surface area contributed by atoms with E-state index in [1.807, 2.05) is 6.08 Å². The number of alkyl halides is 1. The summed E-state index contributed by atoms with van der Waals surface area (Å²) in [6, 6.07) is 0. The number of carbonyl (C=O) groups is 1. The molecule has 0 N–H and O–H groups in total. The standard InChI is InChI=1S/C13H21ClO3/c1-4-5-6-7-8-16-9-12(14)10-17-13(15)11(2)3/h7-8,12H,2,4-6,9-10H2,1,3H3. The molecule has 98 valence electrons. The lowest BCUT2D eigenvalue weighted by Gasteiger charge is -2.09. The Bertz CT molecular complexity index is 261. The average molecular weight is 261 g/mol. The van der Waals surface area contributed by atoms with Crippen molar-refractivity contribution in [2.75, 3.05) is 13.2 Å². The van der Waals surface area contributed by atoms with Gasteiger partial charge in [-0.25, -0.2) is 4.79 Å². The highest BCUT2D eigenvalue weighted by Crippen LogP contribution is 2.02. The van der Waals surface area contributed by atoms with Gasteiger partial charge in [0.05, 0.1) is 6.26 Å². The van der Waals surface area contributed by atoms with Crippen LogP contribution in [0.2, 0.25) is 0 Å². The van der Waals surface area contributed by atoms with E-state index in [0.29, 0.717) is 12.2 Å². The number of ether oxygens (including phenoxy) is 2. The monoisotopic (exact) mass is 260 g/mol. The summed E-state index contributed by atoms with van der Waals surface area (Å²) in [6.45, 7) is 7.67. The molecule has 0 bridgehead atoms. The van der Waals surface area contributed by atoms with E-state index < -0.39 is 5.97 Å². The molecule has 0 rings (SSSR count). The molecule has 3 nitrogen and oxygen atoms in total. The largest absolute Gasteiger partial charge is 0.500 e. The highest BCUT2D eigenvalue weighted by molar-refractivity contribution is 6.20. The maximum atomic E-state index is 11.1. The summed E-state index contributed by atoms with van der Waals surface area (Å²) in [4.78, 5) is 11.1. The van der Waals surface area contributed by atoms with Crippen molar-refractivity contribution in [3.63, 3.8) is 0 Å². The highest BCUT2D eigenvalue weighted by Gasteiger charge is 2.09. The Morgan fingerprint density at radius 3 is 2.76 bits per heavy atom. The van der Waals surface area contributed by atoms with Crippen LogP contribution in [-0.2, 0) is 14.3 Å². The lowest BCUT2D eigenvalue weighted by Crippen LogP contribution is -2.18. The minimum absolute atomic E-state index is 0.135. The molecular weight excluding hydrogens is 240 g/mol. The molecule has 0 aromatic heterocycles. The molecule has 0 radical (unpaired) electrons. The van der Waals surface area contributed by atoms with Crippen molar-refractivity contribution < 1.29 is 14.3 Å². The van der Waals surface area contributed by atoms with Crippen molar-refractivity contribution in [1.82, 2.24) is 0 Å². The molecule has 0 aliphatic rings. The molecule has 0 fully saturated rings. The molecule has 17 heavy (non-hydrogen) atoms. The third-order valence-electron chi connectivity index (χ3n) is 1.94. The second-order valence-electron chi connectivity index (χ2n) is 3.82. The molecule has 0 saturated carbocycles. The van der Waals surface area contributed by atoms with Gasteiger partial charge in [0.25, 0.3) is 0 Å². The van der Waals surface area contributed by atoms with Crippen molar-refractivity contribution in [2.24, 2.45) is 0 Å². The van der Waals surface area contributed by atoms with E-state index in [1.165, 1.54) is 6.42 Å². The first kappa shape index (κ1) is 16.0. The van der Waals surface area contributed by atoms with Crippen molar-refractivity contribution in [1.29, 1.82) is 0 Å². The Kier molecular flexibility index (Phi) is 9.63. The van der Waals surface area contributed by atoms with E-state index in [1.54, 1.807) is 13.2 Å². The minimum atomic E-state index is -0.422. The summed E-state index contributed by atoms with van der Waals surface area (Å²) in [5, 5.41) is -0.339. The van der Waals surface area contributed by atoms with Gasteiger partial charge in [0.2, 0.25) is 0 Å². The van der Waals surface area contributed by atoms with E-state index >= 15 is 0 Å². The first-order chi connectivity index (χ1) is 8.07. The molecule has 0 amide bonds. The van der Waals surface area contributed by atoms with Crippen LogP contribution < -0.4 is 0 Å². The lowest BCUT2D eigenvalue weighted by atomic mass is 10.2. The van der Waals surface area contributed by atoms with E-state index in [9.17, 15) is 4.79 Å². The second kappa shape index (κ2) is 10.2. The number of halogens is 1. The third kappa shape index (κ3) is 9.94. The summed E-state index contributed by atoms with van der Waals surface area (Å²) >= 11 is 5.90. The van der Waals surface area contributed by atoms with Gasteiger partial charge in [0, 0.05) is 5.57 Å². The molecule has 0 aliphatic carbocycles. The van der Waals surface area contributed by atoms with Gasteiger partial charge < -0.3 is 9.47 Å². The molecule has 1 unspecified atom stereocenters. The highest BCUT2D eigenvalue weighted by atomic mass is 35.5. The Labute approximate surface area is 108 Å². The molecular formula is C13H21ClO3. The van der Waals surface area contributed by atoms with Gasteiger partial charge in [-0.15, -0.1) is 11.6 Å². The molecule has 0 heterocycles. The number of hydrogen-bond acceptors (Lipinski definition) is 3. The van der Waals surface area contributed by atoms with E-state index in [4.69, 9.17) is 21.1 Å². The van der Waals surface area contributed by atoms with E-state index in [0.717, 1.165) is 12.8 Å². The van der Waals surface area contributed by atoms with Crippen molar-refractivity contribution in [3.8, 4) is 0 Å². The zero-order valence-corrected chi connectivity index (χ0v) is 11.3. The smallest absolute Gasteiger partial charge is 0.333 e. The number of allylic oxidation sites excluding steroid dienone is 1. The normalized spacial score (nSPS) is 12.4. The molecule has 4 heteroatoms. The molecule has 0 saturated heterocycles. The Hall–Kier alpha value is -0.960. The Balaban J connectivity index is 3.52. The molecule has 1 atom stereocenters. The van der Waals surface area contributed by atoms with Crippen LogP contribution in [0.1, 0.15) is 33.1 Å². The number of rotatable bonds is 9. The molecule has 0 aliphatic heterocycles. The third-order valence-corrected chi connectivity index (χ3v) is 2.19. The molecule has 0 aromatic carbocycles. The van der Waals surface area contributed by atoms with Crippen LogP contribution in [0, 0.1) is 0 Å². The van der Waals surface area contributed by atoms with Gasteiger partial charge in [0.1, 0.15) is 18.6 Å². The fourth-order valence-corrected chi connectivity index (χ4v) is 1.09. The predicted octanol–water partition coefficient (Wildman–Crippen LogP) is 3.43. The quantitative estimate of drug-likeness (QED) is 0.209. The number of hydrogen-bond donors (Lipinski definition) is 0. The van der Waals surface area contributed by atoms with Crippen LogP contribution in [0.3, 0.4) is 0 Å². The molecule has 0 spiro atoms. The predicted molar refractivity (Wildman–Crippen MR) is 70.0 cm³/mol. The van der Waals surface area contributed by atoms with Gasteiger partial charge >= 0.3 is 5.97 Å². The number of carbonyl (C=O) groups excluding carboxylic acids is 1.